The van der Waals surface area contributed by atoms with E-state index in [0.717, 1.165) is 18.4 Å². The molecule has 0 bridgehead atoms. The summed E-state index contributed by atoms with van der Waals surface area (Å²) < 4.78 is 6.41. The Hall–Kier alpha value is -4.88. The first kappa shape index (κ1) is 35.6. The number of unbranched alkanes of at least 4 members (excludes halogenated alkanes) is 3. The predicted molar refractivity (Wildman–Crippen MR) is 171 cm³/mol. The molecule has 3 aromatic rings. The number of Topliss-reactive ketones (excluding diaryl/α,β-unsaturated/α-hetero) is 1. The Morgan fingerprint density at radius 2 is 1.63 bits per heavy atom. The SMILES string of the molecule is COC(=O)CCCCCCC(=O)N[C@H](C(=O)NC(Cc1ccccc1)C(=O)C(=O)NCCCn1cnc2c(N)ncnc21)C(C)C. The summed E-state index contributed by atoms with van der Waals surface area (Å²) in [6, 6.07) is 7.03. The van der Waals surface area contributed by atoms with Gasteiger partial charge in [0.15, 0.2) is 11.5 Å². The maximum absolute atomic E-state index is 13.4. The molecular weight excluding hydrogens is 592 g/mol. The monoisotopic (exact) mass is 636 g/mol. The summed E-state index contributed by atoms with van der Waals surface area (Å²) in [6.07, 6.45) is 6.92. The summed E-state index contributed by atoms with van der Waals surface area (Å²) in [5.41, 5.74) is 7.66. The van der Waals surface area contributed by atoms with E-state index in [9.17, 15) is 24.0 Å². The highest BCUT2D eigenvalue weighted by molar-refractivity contribution is 6.38. The number of carbonyl (C=O) groups excluding carboxylic acids is 5. The van der Waals surface area contributed by atoms with Crippen LogP contribution in [0.4, 0.5) is 5.82 Å². The average Bonchev–Trinajstić information content (AvgIpc) is 3.47. The molecule has 1 unspecified atom stereocenters. The Labute approximate surface area is 268 Å². The number of nitrogens with one attached hydrogen (secondary N) is 3. The highest BCUT2D eigenvalue weighted by Crippen LogP contribution is 2.14. The van der Waals surface area contributed by atoms with Crippen molar-refractivity contribution < 1.29 is 28.7 Å². The summed E-state index contributed by atoms with van der Waals surface area (Å²) in [5, 5.41) is 8.16. The summed E-state index contributed by atoms with van der Waals surface area (Å²) in [7, 11) is 1.35. The molecule has 0 fully saturated rings. The number of fused-ring (bicyclic) bond motifs is 1. The molecule has 5 N–H and O–H groups in total. The zero-order chi connectivity index (χ0) is 33.5. The molecule has 2 aromatic heterocycles. The van der Waals surface area contributed by atoms with E-state index in [1.807, 2.05) is 30.3 Å². The molecule has 0 radical (unpaired) electrons. The molecule has 0 aliphatic carbocycles. The van der Waals surface area contributed by atoms with Crippen molar-refractivity contribution in [3.63, 3.8) is 0 Å². The zero-order valence-electron chi connectivity index (χ0n) is 26.7. The van der Waals surface area contributed by atoms with E-state index >= 15 is 0 Å². The van der Waals surface area contributed by atoms with Crippen LogP contribution < -0.4 is 21.7 Å². The number of imidazole rings is 1. The van der Waals surface area contributed by atoms with Crippen LogP contribution in [-0.4, -0.2) is 74.7 Å². The second-order valence-electron chi connectivity index (χ2n) is 11.4. The van der Waals surface area contributed by atoms with Gasteiger partial charge in [-0.25, -0.2) is 15.0 Å². The van der Waals surface area contributed by atoms with Gasteiger partial charge in [-0.1, -0.05) is 57.0 Å². The molecule has 0 spiro atoms. The van der Waals surface area contributed by atoms with Crippen LogP contribution in [-0.2, 0) is 41.7 Å². The molecule has 3 amide bonds. The van der Waals surface area contributed by atoms with Gasteiger partial charge in [0.05, 0.1) is 13.4 Å². The molecule has 46 heavy (non-hydrogen) atoms. The summed E-state index contributed by atoms with van der Waals surface area (Å²) in [4.78, 5) is 75.9. The van der Waals surface area contributed by atoms with Gasteiger partial charge < -0.3 is 31.0 Å². The number of carbonyl (C=O) groups is 5. The third kappa shape index (κ3) is 10.9. The van der Waals surface area contributed by atoms with Gasteiger partial charge in [0, 0.05) is 32.4 Å². The topological polar surface area (TPSA) is 200 Å². The summed E-state index contributed by atoms with van der Waals surface area (Å²) in [5.74, 6) is -2.69. The van der Waals surface area contributed by atoms with Gasteiger partial charge >= 0.3 is 5.97 Å². The van der Waals surface area contributed by atoms with E-state index in [2.05, 4.69) is 35.6 Å². The van der Waals surface area contributed by atoms with E-state index in [1.54, 1.807) is 24.7 Å². The first-order valence-electron chi connectivity index (χ1n) is 15.5. The van der Waals surface area contributed by atoms with Crippen molar-refractivity contribution in [2.45, 2.75) is 83.8 Å². The summed E-state index contributed by atoms with van der Waals surface area (Å²) in [6.45, 7) is 4.25. The maximum atomic E-state index is 13.4. The molecule has 0 aliphatic heterocycles. The van der Waals surface area contributed by atoms with Crippen LogP contribution in [0.1, 0.15) is 64.4 Å². The highest BCUT2D eigenvalue weighted by Gasteiger charge is 2.31. The Morgan fingerprint density at radius 1 is 0.913 bits per heavy atom. The number of benzene rings is 1. The van der Waals surface area contributed by atoms with E-state index in [1.165, 1.54) is 13.4 Å². The second-order valence-corrected chi connectivity index (χ2v) is 11.4. The number of hydrogen-bond donors (Lipinski definition) is 4. The lowest BCUT2D eigenvalue weighted by molar-refractivity contribution is -0.140. The third-order valence-electron chi connectivity index (χ3n) is 7.46. The lowest BCUT2D eigenvalue weighted by Crippen LogP contribution is -2.56. The number of anilines is 1. The van der Waals surface area contributed by atoms with Gasteiger partial charge in [0.2, 0.25) is 17.6 Å². The average molecular weight is 637 g/mol. The molecule has 0 saturated heterocycles. The van der Waals surface area contributed by atoms with Crippen LogP contribution in [0.2, 0.25) is 0 Å². The molecule has 248 valence electrons. The molecule has 0 saturated carbocycles. The van der Waals surface area contributed by atoms with Crippen LogP contribution in [0.5, 0.6) is 0 Å². The van der Waals surface area contributed by atoms with Gasteiger partial charge in [-0.15, -0.1) is 0 Å². The zero-order valence-corrected chi connectivity index (χ0v) is 26.7. The van der Waals surface area contributed by atoms with Gasteiger partial charge in [-0.05, 0) is 30.7 Å². The number of ketones is 1. The van der Waals surface area contributed by atoms with Crippen molar-refractivity contribution in [1.82, 2.24) is 35.5 Å². The highest BCUT2D eigenvalue weighted by atomic mass is 16.5. The number of aromatic nitrogens is 4. The standard InChI is InChI=1S/C32H44N8O6/c1-21(2)26(39-24(41)14-9-4-5-10-15-25(42)46-3)31(44)38-23(18-22-12-7-6-8-13-22)28(43)32(45)34-16-11-17-40-20-37-27-29(33)35-19-36-30(27)40/h6-8,12-13,19-21,23,26H,4-5,9-11,14-18H2,1-3H3,(H,34,45)(H,38,44)(H,39,41)(H2,33,35,36)/t23?,26-/m0/s1. The van der Waals surface area contributed by atoms with Gasteiger partial charge in [0.25, 0.3) is 5.91 Å². The number of hydrogen-bond acceptors (Lipinski definition) is 10. The Morgan fingerprint density at radius 3 is 2.33 bits per heavy atom. The quantitative estimate of drug-likeness (QED) is 0.0855. The fourth-order valence-corrected chi connectivity index (χ4v) is 4.87. The van der Waals surface area contributed by atoms with Crippen molar-refractivity contribution in [2.24, 2.45) is 5.92 Å². The molecular formula is C32H44N8O6. The number of nitrogen functional groups attached to an aromatic ring is 1. The number of rotatable bonds is 19. The number of ether oxygens (including phenoxy) is 1. The lowest BCUT2D eigenvalue weighted by Gasteiger charge is -2.25. The Balaban J connectivity index is 1.55. The second kappa shape index (κ2) is 18.2. The van der Waals surface area contributed by atoms with Gasteiger partial charge in [-0.2, -0.15) is 0 Å². The van der Waals surface area contributed by atoms with E-state index in [-0.39, 0.29) is 43.0 Å². The Bertz CT molecular complexity index is 1480. The summed E-state index contributed by atoms with van der Waals surface area (Å²) >= 11 is 0. The third-order valence-corrected chi connectivity index (χ3v) is 7.46. The largest absolute Gasteiger partial charge is 0.469 e. The molecule has 2 heterocycles. The number of esters is 1. The normalized spacial score (nSPS) is 12.3. The van der Waals surface area contributed by atoms with E-state index in [4.69, 9.17) is 5.73 Å². The lowest BCUT2D eigenvalue weighted by atomic mass is 9.98. The van der Waals surface area contributed by atoms with Crippen molar-refractivity contribution >= 4 is 46.5 Å². The molecule has 14 nitrogen and oxygen atoms in total. The maximum Gasteiger partial charge on any atom is 0.305 e. The molecule has 2 atom stereocenters. The fraction of sp³-hybridized carbons (Fsp3) is 0.500. The number of nitrogens with two attached hydrogens (primary N) is 1. The number of aryl methyl sites for hydroxylation is 1. The van der Waals surface area contributed by atoms with Crippen LogP contribution in [0.3, 0.4) is 0 Å². The van der Waals surface area contributed by atoms with Crippen LogP contribution in [0, 0.1) is 5.92 Å². The van der Waals surface area contributed by atoms with E-state index in [0.29, 0.717) is 43.4 Å². The number of amides is 3. The van der Waals surface area contributed by atoms with E-state index < -0.39 is 29.7 Å². The fourth-order valence-electron chi connectivity index (χ4n) is 4.87. The number of nitrogens with zero attached hydrogens (tertiary/aromatic N) is 4. The van der Waals surface area contributed by atoms with Crippen molar-refractivity contribution in [2.75, 3.05) is 19.4 Å². The minimum absolute atomic E-state index is 0.103. The molecule has 3 rings (SSSR count). The van der Waals surface area contributed by atoms with Gasteiger partial charge in [-0.3, -0.25) is 24.0 Å². The van der Waals surface area contributed by atoms with Crippen LogP contribution in [0.25, 0.3) is 11.2 Å². The van der Waals surface area contributed by atoms with Crippen molar-refractivity contribution in [3.05, 3.63) is 48.5 Å². The molecule has 14 heteroatoms. The van der Waals surface area contributed by atoms with Crippen molar-refractivity contribution in [1.29, 1.82) is 0 Å². The van der Waals surface area contributed by atoms with Crippen LogP contribution in [0.15, 0.2) is 43.0 Å². The smallest absolute Gasteiger partial charge is 0.305 e. The van der Waals surface area contributed by atoms with Gasteiger partial charge in [0.1, 0.15) is 23.9 Å². The molecule has 1 aromatic carbocycles. The minimum Gasteiger partial charge on any atom is -0.469 e. The first-order chi connectivity index (χ1) is 22.1. The molecule has 0 aliphatic rings. The minimum atomic E-state index is -1.14. The first-order valence-corrected chi connectivity index (χ1v) is 15.5. The predicted octanol–water partition coefficient (Wildman–Crippen LogP) is 1.87. The number of methoxy groups -OCH3 is 1. The van der Waals surface area contributed by atoms with Crippen molar-refractivity contribution in [3.8, 4) is 0 Å². The van der Waals surface area contributed by atoms with Crippen LogP contribution >= 0.6 is 0 Å². The Kier molecular flexibility index (Phi) is 14.1.